The normalized spacial score (nSPS) is 11.0. The number of carboxylic acids is 1. The Morgan fingerprint density at radius 1 is 1.03 bits per heavy atom. The van der Waals surface area contributed by atoms with Crippen molar-refractivity contribution in [2.75, 3.05) is 13.1 Å². The number of primary amides is 1. The van der Waals surface area contributed by atoms with Crippen molar-refractivity contribution < 1.29 is 27.9 Å². The lowest BCUT2D eigenvalue weighted by Gasteiger charge is -2.08. The van der Waals surface area contributed by atoms with Gasteiger partial charge in [-0.05, 0) is 60.7 Å². The quantitative estimate of drug-likeness (QED) is 0.552. The second-order valence-electron chi connectivity index (χ2n) is 7.13. The lowest BCUT2D eigenvalue weighted by molar-refractivity contribution is -0.192. The number of rotatable bonds is 8. The van der Waals surface area contributed by atoms with Gasteiger partial charge in [0.15, 0.2) is 0 Å². The highest BCUT2D eigenvalue weighted by Gasteiger charge is 2.38. The molecule has 0 aromatic heterocycles. The zero-order chi connectivity index (χ0) is 22.7. The van der Waals surface area contributed by atoms with Gasteiger partial charge in [0.25, 0.3) is 0 Å². The van der Waals surface area contributed by atoms with Gasteiger partial charge in [0.2, 0.25) is 5.91 Å². The van der Waals surface area contributed by atoms with Gasteiger partial charge in [0, 0.05) is 5.56 Å². The van der Waals surface area contributed by atoms with Crippen LogP contribution in [0.25, 0.3) is 11.1 Å². The summed E-state index contributed by atoms with van der Waals surface area (Å²) in [7, 11) is 0. The summed E-state index contributed by atoms with van der Waals surface area (Å²) in [4.78, 5) is 20.0. The summed E-state index contributed by atoms with van der Waals surface area (Å²) >= 11 is 0. The molecule has 0 aliphatic carbocycles. The number of alkyl halides is 3. The highest BCUT2D eigenvalue weighted by atomic mass is 19.4. The van der Waals surface area contributed by atoms with E-state index in [2.05, 4.69) is 43.4 Å². The van der Waals surface area contributed by atoms with E-state index in [4.69, 9.17) is 15.6 Å². The fraction of sp³-hybridized carbons (Fsp3) is 0.364. The van der Waals surface area contributed by atoms with E-state index in [1.165, 1.54) is 17.5 Å². The summed E-state index contributed by atoms with van der Waals surface area (Å²) in [5.74, 6) is -2.40. The first-order valence-electron chi connectivity index (χ1n) is 9.50. The molecule has 1 amide bonds. The van der Waals surface area contributed by atoms with Crippen LogP contribution in [0, 0.1) is 5.92 Å². The molecule has 0 saturated heterocycles. The van der Waals surface area contributed by atoms with Gasteiger partial charge in [-0.3, -0.25) is 4.79 Å². The van der Waals surface area contributed by atoms with Crippen LogP contribution in [0.1, 0.15) is 36.2 Å². The standard InChI is InChI=1S/C20H26N2O.C2HF3O2/c1-15(2)10-12-22-13-11-16-4-3-5-19(14-16)17-6-8-18(9-7-17)20(21)23;3-2(4,5)1(6)7/h3-9,14-15,22H,10-13H2,1-2H3,(H2,21,23);(H,6,7). The number of hydrogen-bond donors (Lipinski definition) is 3. The fourth-order valence-corrected chi connectivity index (χ4v) is 2.48. The van der Waals surface area contributed by atoms with Gasteiger partial charge in [-0.1, -0.05) is 50.2 Å². The fourth-order valence-electron chi connectivity index (χ4n) is 2.48. The second-order valence-corrected chi connectivity index (χ2v) is 7.13. The Balaban J connectivity index is 0.000000553. The SMILES string of the molecule is CC(C)CCNCCc1cccc(-c2ccc(C(N)=O)cc2)c1.O=C(O)C(F)(F)F. The molecule has 2 aromatic rings. The largest absolute Gasteiger partial charge is 0.490 e. The third-order valence-corrected chi connectivity index (χ3v) is 4.16. The lowest BCUT2D eigenvalue weighted by atomic mass is 10.0. The van der Waals surface area contributed by atoms with Crippen LogP contribution in [0.5, 0.6) is 0 Å². The van der Waals surface area contributed by atoms with Crippen LogP contribution < -0.4 is 11.1 Å². The van der Waals surface area contributed by atoms with Gasteiger partial charge in [-0.2, -0.15) is 13.2 Å². The molecule has 0 spiro atoms. The number of carbonyl (C=O) groups excluding carboxylic acids is 1. The molecule has 2 rings (SSSR count). The predicted molar refractivity (Wildman–Crippen MR) is 110 cm³/mol. The summed E-state index contributed by atoms with van der Waals surface area (Å²) in [5.41, 5.74) is 9.41. The molecule has 0 heterocycles. The number of aliphatic carboxylic acids is 1. The third kappa shape index (κ3) is 9.56. The molecular weight excluding hydrogens is 397 g/mol. The van der Waals surface area contributed by atoms with E-state index in [1.807, 2.05) is 12.1 Å². The van der Waals surface area contributed by atoms with Crippen LogP contribution in [0.4, 0.5) is 13.2 Å². The molecule has 2 aromatic carbocycles. The molecule has 0 saturated carbocycles. The molecule has 0 fully saturated rings. The van der Waals surface area contributed by atoms with E-state index in [1.54, 1.807) is 12.1 Å². The number of halogens is 3. The molecule has 164 valence electrons. The van der Waals surface area contributed by atoms with Crippen molar-refractivity contribution in [2.24, 2.45) is 11.7 Å². The summed E-state index contributed by atoms with van der Waals surface area (Å²) in [6.07, 6.45) is -2.85. The van der Waals surface area contributed by atoms with E-state index >= 15 is 0 Å². The molecule has 0 bridgehead atoms. The summed E-state index contributed by atoms with van der Waals surface area (Å²) in [6, 6.07) is 16.0. The average Bonchev–Trinajstić information content (AvgIpc) is 2.67. The van der Waals surface area contributed by atoms with Crippen molar-refractivity contribution in [2.45, 2.75) is 32.9 Å². The van der Waals surface area contributed by atoms with Crippen molar-refractivity contribution in [3.8, 4) is 11.1 Å². The summed E-state index contributed by atoms with van der Waals surface area (Å²) in [6.45, 7) is 6.56. The molecule has 0 radical (unpaired) electrons. The minimum Gasteiger partial charge on any atom is -0.475 e. The maximum atomic E-state index is 11.1. The number of carbonyl (C=O) groups is 2. The molecule has 0 atom stereocenters. The van der Waals surface area contributed by atoms with E-state index < -0.39 is 18.1 Å². The molecule has 0 unspecified atom stereocenters. The first-order chi connectivity index (χ1) is 14.0. The van der Waals surface area contributed by atoms with Gasteiger partial charge in [0.05, 0.1) is 0 Å². The summed E-state index contributed by atoms with van der Waals surface area (Å²) < 4.78 is 31.7. The van der Waals surface area contributed by atoms with Crippen LogP contribution >= 0.6 is 0 Å². The second kappa shape index (κ2) is 12.0. The lowest BCUT2D eigenvalue weighted by Crippen LogP contribution is -2.21. The number of carboxylic acid groups (broad SMARTS) is 1. The number of amides is 1. The summed E-state index contributed by atoms with van der Waals surface area (Å²) in [5, 5.41) is 10.6. The Hall–Kier alpha value is -2.87. The molecular formula is C22H27F3N2O3. The smallest absolute Gasteiger partial charge is 0.475 e. The molecule has 4 N–H and O–H groups in total. The van der Waals surface area contributed by atoms with Crippen LogP contribution in [0.3, 0.4) is 0 Å². The molecule has 8 heteroatoms. The minimum absolute atomic E-state index is 0.391. The molecule has 30 heavy (non-hydrogen) atoms. The van der Waals surface area contributed by atoms with Gasteiger partial charge in [0.1, 0.15) is 0 Å². The van der Waals surface area contributed by atoms with Gasteiger partial charge in [-0.15, -0.1) is 0 Å². The van der Waals surface area contributed by atoms with Crippen molar-refractivity contribution in [3.63, 3.8) is 0 Å². The van der Waals surface area contributed by atoms with Crippen LogP contribution in [0.2, 0.25) is 0 Å². The van der Waals surface area contributed by atoms with Crippen molar-refractivity contribution in [1.82, 2.24) is 5.32 Å². The zero-order valence-corrected chi connectivity index (χ0v) is 17.0. The maximum absolute atomic E-state index is 11.1. The third-order valence-electron chi connectivity index (χ3n) is 4.16. The Morgan fingerprint density at radius 3 is 2.13 bits per heavy atom. The van der Waals surface area contributed by atoms with Gasteiger partial charge in [-0.25, -0.2) is 4.79 Å². The topological polar surface area (TPSA) is 92.4 Å². The predicted octanol–water partition coefficient (Wildman–Crippen LogP) is 4.26. The van der Waals surface area contributed by atoms with E-state index in [-0.39, 0.29) is 0 Å². The molecule has 0 aliphatic rings. The molecule has 5 nitrogen and oxygen atoms in total. The Labute approximate surface area is 174 Å². The van der Waals surface area contributed by atoms with Crippen LogP contribution in [-0.2, 0) is 11.2 Å². The zero-order valence-electron chi connectivity index (χ0n) is 17.0. The first kappa shape index (κ1) is 25.2. The molecule has 0 aliphatic heterocycles. The maximum Gasteiger partial charge on any atom is 0.490 e. The van der Waals surface area contributed by atoms with Crippen LogP contribution in [-0.4, -0.2) is 36.2 Å². The van der Waals surface area contributed by atoms with Gasteiger partial charge < -0.3 is 16.2 Å². The number of nitrogens with one attached hydrogen (secondary N) is 1. The van der Waals surface area contributed by atoms with Crippen molar-refractivity contribution in [3.05, 3.63) is 59.7 Å². The van der Waals surface area contributed by atoms with E-state index in [0.29, 0.717) is 5.56 Å². The highest BCUT2D eigenvalue weighted by Crippen LogP contribution is 2.21. The first-order valence-corrected chi connectivity index (χ1v) is 9.50. The number of hydrogen-bond acceptors (Lipinski definition) is 3. The van der Waals surface area contributed by atoms with E-state index in [0.717, 1.165) is 31.0 Å². The van der Waals surface area contributed by atoms with Crippen LogP contribution in [0.15, 0.2) is 48.5 Å². The minimum atomic E-state index is -5.08. The van der Waals surface area contributed by atoms with Crippen molar-refractivity contribution >= 4 is 11.9 Å². The van der Waals surface area contributed by atoms with Crippen molar-refractivity contribution in [1.29, 1.82) is 0 Å². The monoisotopic (exact) mass is 424 g/mol. The van der Waals surface area contributed by atoms with Gasteiger partial charge >= 0.3 is 12.1 Å². The Bertz CT molecular complexity index is 819. The average molecular weight is 424 g/mol. The Kier molecular flexibility index (Phi) is 10.0. The van der Waals surface area contributed by atoms with E-state index in [9.17, 15) is 18.0 Å². The Morgan fingerprint density at radius 2 is 1.63 bits per heavy atom. The number of benzene rings is 2. The number of nitrogens with two attached hydrogens (primary N) is 1. The highest BCUT2D eigenvalue weighted by molar-refractivity contribution is 5.93.